The predicted molar refractivity (Wildman–Crippen MR) is 88.1 cm³/mol. The van der Waals surface area contributed by atoms with Gasteiger partial charge in [0.05, 0.1) is 13.0 Å². The first-order valence-electron chi connectivity index (χ1n) is 7.82. The Morgan fingerprint density at radius 2 is 2.04 bits per heavy atom. The highest BCUT2D eigenvalue weighted by Crippen LogP contribution is 2.18. The second-order valence-electron chi connectivity index (χ2n) is 6.11. The number of benzene rings is 1. The molecule has 1 aliphatic heterocycles. The molecule has 0 spiro atoms. The molecular weight excluding hydrogens is 294 g/mol. The van der Waals surface area contributed by atoms with Crippen molar-refractivity contribution in [3.8, 4) is 5.75 Å². The number of likely N-dealkylation sites (N-methyl/N-ethyl adjacent to an activating group) is 1. The number of likely N-dealkylation sites (tertiary alicyclic amines) is 1. The molecule has 0 aromatic heterocycles. The maximum absolute atomic E-state index is 12.2. The molecular formula is C17H25N3O3. The Labute approximate surface area is 137 Å². The maximum Gasteiger partial charge on any atom is 0.225 e. The van der Waals surface area contributed by atoms with E-state index in [1.165, 1.54) is 0 Å². The second kappa shape index (κ2) is 7.97. The highest BCUT2D eigenvalue weighted by molar-refractivity contribution is 5.89. The smallest absolute Gasteiger partial charge is 0.225 e. The molecule has 6 heteroatoms. The van der Waals surface area contributed by atoms with Gasteiger partial charge in [-0.15, -0.1) is 0 Å². The second-order valence-corrected chi connectivity index (χ2v) is 6.11. The zero-order valence-electron chi connectivity index (χ0n) is 14.0. The standard InChI is InChI=1S/C17H25N3O3/c1-19(2)8-9-20-12-14(10-16(20)21)17(22)18-11-13-4-6-15(23-3)7-5-13/h4-7,14H,8-12H2,1-3H3,(H,18,22). The minimum absolute atomic E-state index is 0.0541. The molecule has 1 N–H and O–H groups in total. The number of nitrogens with zero attached hydrogens (tertiary/aromatic N) is 2. The molecule has 1 aliphatic rings. The molecule has 0 aliphatic carbocycles. The fourth-order valence-electron chi connectivity index (χ4n) is 2.56. The van der Waals surface area contributed by atoms with Gasteiger partial charge in [0.25, 0.3) is 0 Å². The summed E-state index contributed by atoms with van der Waals surface area (Å²) in [7, 11) is 5.56. The average Bonchev–Trinajstić information content (AvgIpc) is 2.92. The van der Waals surface area contributed by atoms with Gasteiger partial charge in [0, 0.05) is 32.6 Å². The lowest BCUT2D eigenvalue weighted by Gasteiger charge is -2.19. The number of rotatable bonds is 7. The van der Waals surface area contributed by atoms with Gasteiger partial charge in [-0.2, -0.15) is 0 Å². The van der Waals surface area contributed by atoms with Gasteiger partial charge in [-0.3, -0.25) is 9.59 Å². The summed E-state index contributed by atoms with van der Waals surface area (Å²) in [5.74, 6) is 0.555. The number of carbonyl (C=O) groups is 2. The lowest BCUT2D eigenvalue weighted by molar-refractivity contribution is -0.129. The molecule has 1 aromatic rings. The van der Waals surface area contributed by atoms with Crippen molar-refractivity contribution >= 4 is 11.8 Å². The van der Waals surface area contributed by atoms with Crippen LogP contribution >= 0.6 is 0 Å². The summed E-state index contributed by atoms with van der Waals surface area (Å²) in [6.45, 7) is 2.46. The van der Waals surface area contributed by atoms with Crippen molar-refractivity contribution in [1.82, 2.24) is 15.1 Å². The van der Waals surface area contributed by atoms with E-state index in [2.05, 4.69) is 5.32 Å². The SMILES string of the molecule is COc1ccc(CNC(=O)C2CC(=O)N(CCN(C)C)C2)cc1. The van der Waals surface area contributed by atoms with Crippen molar-refractivity contribution in [3.63, 3.8) is 0 Å². The van der Waals surface area contributed by atoms with Crippen molar-refractivity contribution in [2.45, 2.75) is 13.0 Å². The minimum atomic E-state index is -0.247. The van der Waals surface area contributed by atoms with Crippen molar-refractivity contribution in [3.05, 3.63) is 29.8 Å². The summed E-state index contributed by atoms with van der Waals surface area (Å²) in [4.78, 5) is 28.0. The van der Waals surface area contributed by atoms with Crippen LogP contribution in [0.3, 0.4) is 0 Å². The molecule has 23 heavy (non-hydrogen) atoms. The number of nitrogens with one attached hydrogen (secondary N) is 1. The van der Waals surface area contributed by atoms with Crippen LogP contribution in [0.2, 0.25) is 0 Å². The average molecular weight is 319 g/mol. The maximum atomic E-state index is 12.2. The molecule has 1 atom stereocenters. The molecule has 1 aromatic carbocycles. The van der Waals surface area contributed by atoms with Gasteiger partial charge in [-0.1, -0.05) is 12.1 Å². The van der Waals surface area contributed by atoms with Crippen LogP contribution in [0.25, 0.3) is 0 Å². The fourth-order valence-corrected chi connectivity index (χ4v) is 2.56. The van der Waals surface area contributed by atoms with Crippen LogP contribution in [0.15, 0.2) is 24.3 Å². The first-order chi connectivity index (χ1) is 11.0. The summed E-state index contributed by atoms with van der Waals surface area (Å²) in [5.41, 5.74) is 1.01. The van der Waals surface area contributed by atoms with Gasteiger partial charge in [-0.05, 0) is 31.8 Å². The Balaban J connectivity index is 1.80. The van der Waals surface area contributed by atoms with Gasteiger partial charge >= 0.3 is 0 Å². The van der Waals surface area contributed by atoms with Crippen LogP contribution in [0, 0.1) is 5.92 Å². The van der Waals surface area contributed by atoms with Crippen molar-refractivity contribution in [2.24, 2.45) is 5.92 Å². The molecule has 1 saturated heterocycles. The molecule has 2 rings (SSSR count). The first-order valence-corrected chi connectivity index (χ1v) is 7.82. The molecule has 1 fully saturated rings. The molecule has 1 heterocycles. The van der Waals surface area contributed by atoms with Gasteiger partial charge in [-0.25, -0.2) is 0 Å². The molecule has 0 radical (unpaired) electrons. The van der Waals surface area contributed by atoms with Crippen molar-refractivity contribution < 1.29 is 14.3 Å². The van der Waals surface area contributed by atoms with Crippen LogP contribution in [0.5, 0.6) is 5.75 Å². The highest BCUT2D eigenvalue weighted by atomic mass is 16.5. The van der Waals surface area contributed by atoms with E-state index in [0.29, 0.717) is 26.1 Å². The quantitative estimate of drug-likeness (QED) is 0.804. The van der Waals surface area contributed by atoms with Crippen molar-refractivity contribution in [1.29, 1.82) is 0 Å². The third-order valence-corrected chi connectivity index (χ3v) is 4.03. The lowest BCUT2D eigenvalue weighted by Crippen LogP contribution is -2.35. The highest BCUT2D eigenvalue weighted by Gasteiger charge is 2.33. The lowest BCUT2D eigenvalue weighted by atomic mass is 10.1. The summed E-state index contributed by atoms with van der Waals surface area (Å²) in [6, 6.07) is 7.57. The summed E-state index contributed by atoms with van der Waals surface area (Å²) >= 11 is 0. The minimum Gasteiger partial charge on any atom is -0.497 e. The van der Waals surface area contributed by atoms with Crippen LogP contribution in [0.4, 0.5) is 0 Å². The van der Waals surface area contributed by atoms with Crippen LogP contribution < -0.4 is 10.1 Å². The summed E-state index contributed by atoms with van der Waals surface area (Å²) in [5, 5.41) is 2.92. The summed E-state index contributed by atoms with van der Waals surface area (Å²) in [6.07, 6.45) is 0.307. The number of ether oxygens (including phenoxy) is 1. The zero-order chi connectivity index (χ0) is 16.8. The van der Waals surface area contributed by atoms with E-state index in [9.17, 15) is 9.59 Å². The monoisotopic (exact) mass is 319 g/mol. The Hall–Kier alpha value is -2.08. The predicted octanol–water partition coefficient (Wildman–Crippen LogP) is 0.722. The van der Waals surface area contributed by atoms with E-state index < -0.39 is 0 Å². The van der Waals surface area contributed by atoms with E-state index in [-0.39, 0.29) is 17.7 Å². The summed E-state index contributed by atoms with van der Waals surface area (Å²) < 4.78 is 5.11. The van der Waals surface area contributed by atoms with Crippen LogP contribution in [-0.4, -0.2) is 62.5 Å². The van der Waals surface area contributed by atoms with Crippen LogP contribution in [-0.2, 0) is 16.1 Å². The number of carbonyl (C=O) groups excluding carboxylic acids is 2. The van der Waals surface area contributed by atoms with E-state index in [1.54, 1.807) is 12.0 Å². The Morgan fingerprint density at radius 3 is 2.65 bits per heavy atom. The van der Waals surface area contributed by atoms with E-state index >= 15 is 0 Å². The first kappa shape index (κ1) is 17.3. The molecule has 0 bridgehead atoms. The van der Waals surface area contributed by atoms with Gasteiger partial charge in [0.1, 0.15) is 5.75 Å². The third-order valence-electron chi connectivity index (χ3n) is 4.03. The van der Waals surface area contributed by atoms with E-state index in [0.717, 1.165) is 17.9 Å². The van der Waals surface area contributed by atoms with Crippen molar-refractivity contribution in [2.75, 3.05) is 40.8 Å². The number of hydrogen-bond acceptors (Lipinski definition) is 4. The number of hydrogen-bond donors (Lipinski definition) is 1. The van der Waals surface area contributed by atoms with Crippen LogP contribution in [0.1, 0.15) is 12.0 Å². The van der Waals surface area contributed by atoms with Gasteiger partial charge in [0.2, 0.25) is 11.8 Å². The van der Waals surface area contributed by atoms with Gasteiger partial charge < -0.3 is 19.9 Å². The molecule has 2 amide bonds. The third kappa shape index (κ3) is 4.96. The fraction of sp³-hybridized carbons (Fsp3) is 0.529. The number of methoxy groups -OCH3 is 1. The topological polar surface area (TPSA) is 61.9 Å². The molecule has 6 nitrogen and oxygen atoms in total. The zero-order valence-corrected chi connectivity index (χ0v) is 14.0. The normalized spacial score (nSPS) is 17.7. The largest absolute Gasteiger partial charge is 0.497 e. The van der Waals surface area contributed by atoms with Gasteiger partial charge in [0.15, 0.2) is 0 Å². The molecule has 1 unspecified atom stereocenters. The number of amides is 2. The Bertz CT molecular complexity index is 543. The molecule has 0 saturated carbocycles. The molecule has 126 valence electrons. The Morgan fingerprint density at radius 1 is 1.35 bits per heavy atom. The van der Waals surface area contributed by atoms with E-state index in [4.69, 9.17) is 4.74 Å². The van der Waals surface area contributed by atoms with E-state index in [1.807, 2.05) is 43.3 Å². The Kier molecular flexibility index (Phi) is 5.98.